The SMILES string of the molecule is Cc1ccc(C(NCCc2ncn(C)n2)C2CC2)cc1. The van der Waals surface area contributed by atoms with E-state index in [1.807, 2.05) is 7.05 Å². The summed E-state index contributed by atoms with van der Waals surface area (Å²) in [5, 5.41) is 8.00. The van der Waals surface area contributed by atoms with Crippen LogP contribution in [-0.4, -0.2) is 21.3 Å². The molecule has 4 heteroatoms. The summed E-state index contributed by atoms with van der Waals surface area (Å²) in [4.78, 5) is 4.27. The number of nitrogens with one attached hydrogen (secondary N) is 1. The summed E-state index contributed by atoms with van der Waals surface area (Å²) in [5.74, 6) is 1.72. The Hall–Kier alpha value is -1.68. The normalized spacial score (nSPS) is 16.3. The molecule has 0 spiro atoms. The number of rotatable bonds is 6. The van der Waals surface area contributed by atoms with E-state index in [2.05, 4.69) is 46.6 Å². The van der Waals surface area contributed by atoms with Crippen molar-refractivity contribution in [3.63, 3.8) is 0 Å². The molecular weight excluding hydrogens is 248 g/mol. The molecule has 0 saturated heterocycles. The second-order valence-electron chi connectivity index (χ2n) is 5.76. The predicted octanol–water partition coefficient (Wildman–Crippen LogP) is 2.41. The van der Waals surface area contributed by atoms with Crippen molar-refractivity contribution in [1.29, 1.82) is 0 Å². The Morgan fingerprint density at radius 3 is 2.65 bits per heavy atom. The maximum absolute atomic E-state index is 4.32. The summed E-state index contributed by atoms with van der Waals surface area (Å²) in [6, 6.07) is 9.40. The zero-order valence-corrected chi connectivity index (χ0v) is 12.2. The van der Waals surface area contributed by atoms with Gasteiger partial charge in [0.15, 0.2) is 5.82 Å². The molecule has 20 heavy (non-hydrogen) atoms. The molecule has 1 aromatic heterocycles. The summed E-state index contributed by atoms with van der Waals surface area (Å²) >= 11 is 0. The second-order valence-corrected chi connectivity index (χ2v) is 5.76. The minimum absolute atomic E-state index is 0.485. The highest BCUT2D eigenvalue weighted by molar-refractivity contribution is 5.25. The van der Waals surface area contributed by atoms with Gasteiger partial charge in [0.1, 0.15) is 6.33 Å². The van der Waals surface area contributed by atoms with Gasteiger partial charge >= 0.3 is 0 Å². The predicted molar refractivity (Wildman–Crippen MR) is 79.4 cm³/mol. The van der Waals surface area contributed by atoms with Crippen LogP contribution in [0.3, 0.4) is 0 Å². The molecule has 1 unspecified atom stereocenters. The van der Waals surface area contributed by atoms with Crippen molar-refractivity contribution in [3.05, 3.63) is 47.5 Å². The first kappa shape index (κ1) is 13.3. The minimum atomic E-state index is 0.485. The van der Waals surface area contributed by atoms with E-state index in [4.69, 9.17) is 0 Å². The molecule has 1 aliphatic carbocycles. The van der Waals surface area contributed by atoms with Gasteiger partial charge in [0, 0.05) is 26.1 Å². The lowest BCUT2D eigenvalue weighted by Gasteiger charge is -2.18. The Kier molecular flexibility index (Phi) is 3.83. The van der Waals surface area contributed by atoms with Crippen LogP contribution in [-0.2, 0) is 13.5 Å². The molecule has 4 nitrogen and oxygen atoms in total. The largest absolute Gasteiger partial charge is 0.309 e. The van der Waals surface area contributed by atoms with Gasteiger partial charge in [-0.05, 0) is 31.2 Å². The van der Waals surface area contributed by atoms with E-state index in [1.165, 1.54) is 24.0 Å². The molecule has 0 radical (unpaired) electrons. The van der Waals surface area contributed by atoms with Gasteiger partial charge < -0.3 is 5.32 Å². The van der Waals surface area contributed by atoms with Crippen LogP contribution < -0.4 is 5.32 Å². The zero-order valence-electron chi connectivity index (χ0n) is 12.2. The maximum atomic E-state index is 4.32. The molecule has 0 bridgehead atoms. The highest BCUT2D eigenvalue weighted by atomic mass is 15.3. The van der Waals surface area contributed by atoms with Gasteiger partial charge in [-0.1, -0.05) is 29.8 Å². The third kappa shape index (κ3) is 3.25. The first-order chi connectivity index (χ1) is 9.72. The maximum Gasteiger partial charge on any atom is 0.151 e. The number of hydrogen-bond acceptors (Lipinski definition) is 3. The average molecular weight is 270 g/mol. The number of hydrogen-bond donors (Lipinski definition) is 1. The molecule has 2 aromatic rings. The van der Waals surface area contributed by atoms with E-state index in [1.54, 1.807) is 11.0 Å². The van der Waals surface area contributed by atoms with Crippen LogP contribution >= 0.6 is 0 Å². The Morgan fingerprint density at radius 1 is 1.30 bits per heavy atom. The molecule has 1 aliphatic rings. The summed E-state index contributed by atoms with van der Waals surface area (Å²) in [7, 11) is 1.91. The standard InChI is InChI=1S/C16H22N4/c1-12-3-5-13(6-4-12)16(14-7-8-14)17-10-9-15-18-11-20(2)19-15/h3-6,11,14,16-17H,7-10H2,1-2H3. The van der Waals surface area contributed by atoms with Crippen LogP contribution in [0.4, 0.5) is 0 Å². The quantitative estimate of drug-likeness (QED) is 0.876. The van der Waals surface area contributed by atoms with Gasteiger partial charge in [0.2, 0.25) is 0 Å². The van der Waals surface area contributed by atoms with Gasteiger partial charge in [-0.2, -0.15) is 5.10 Å². The molecule has 1 atom stereocenters. The van der Waals surface area contributed by atoms with Crippen molar-refractivity contribution in [3.8, 4) is 0 Å². The van der Waals surface area contributed by atoms with Crippen LogP contribution in [0.1, 0.15) is 35.8 Å². The Balaban J connectivity index is 1.59. The number of nitrogens with zero attached hydrogens (tertiary/aromatic N) is 3. The molecular formula is C16H22N4. The Morgan fingerprint density at radius 2 is 2.05 bits per heavy atom. The molecule has 1 aromatic carbocycles. The lowest BCUT2D eigenvalue weighted by molar-refractivity contribution is 0.481. The monoisotopic (exact) mass is 270 g/mol. The third-order valence-corrected chi connectivity index (χ3v) is 3.89. The van der Waals surface area contributed by atoms with Crippen LogP contribution in [0.2, 0.25) is 0 Å². The van der Waals surface area contributed by atoms with E-state index in [9.17, 15) is 0 Å². The van der Waals surface area contributed by atoms with Crippen molar-refractivity contribution in [2.75, 3.05) is 6.54 Å². The highest BCUT2D eigenvalue weighted by Crippen LogP contribution is 2.40. The Bertz CT molecular complexity index is 554. The van der Waals surface area contributed by atoms with Gasteiger partial charge in [0.25, 0.3) is 0 Å². The first-order valence-corrected chi connectivity index (χ1v) is 7.37. The fraction of sp³-hybridized carbons (Fsp3) is 0.500. The van der Waals surface area contributed by atoms with Gasteiger partial charge in [-0.25, -0.2) is 4.98 Å². The molecule has 3 rings (SSSR count). The highest BCUT2D eigenvalue weighted by Gasteiger charge is 2.31. The average Bonchev–Trinajstić information content (AvgIpc) is 3.19. The number of aryl methyl sites for hydroxylation is 2. The van der Waals surface area contributed by atoms with E-state index in [0.29, 0.717) is 6.04 Å². The van der Waals surface area contributed by atoms with Crippen LogP contribution in [0.5, 0.6) is 0 Å². The van der Waals surface area contributed by atoms with Gasteiger partial charge in [-0.15, -0.1) is 0 Å². The smallest absolute Gasteiger partial charge is 0.151 e. The van der Waals surface area contributed by atoms with Crippen molar-refractivity contribution in [1.82, 2.24) is 20.1 Å². The molecule has 1 fully saturated rings. The summed E-state index contributed by atoms with van der Waals surface area (Å²) < 4.78 is 1.76. The molecule has 106 valence electrons. The lowest BCUT2D eigenvalue weighted by Crippen LogP contribution is -2.25. The number of benzene rings is 1. The molecule has 1 saturated carbocycles. The van der Waals surface area contributed by atoms with Crippen LogP contribution in [0.15, 0.2) is 30.6 Å². The fourth-order valence-corrected chi connectivity index (χ4v) is 2.60. The van der Waals surface area contributed by atoms with E-state index >= 15 is 0 Å². The second kappa shape index (κ2) is 5.75. The Labute approximate surface area is 120 Å². The first-order valence-electron chi connectivity index (χ1n) is 7.37. The molecule has 1 heterocycles. The fourth-order valence-electron chi connectivity index (χ4n) is 2.60. The molecule has 1 N–H and O–H groups in total. The van der Waals surface area contributed by atoms with E-state index in [0.717, 1.165) is 24.7 Å². The lowest BCUT2D eigenvalue weighted by atomic mass is 10.0. The van der Waals surface area contributed by atoms with Crippen molar-refractivity contribution < 1.29 is 0 Å². The van der Waals surface area contributed by atoms with Gasteiger partial charge in [0.05, 0.1) is 0 Å². The molecule has 0 aliphatic heterocycles. The van der Waals surface area contributed by atoms with Crippen molar-refractivity contribution in [2.24, 2.45) is 13.0 Å². The minimum Gasteiger partial charge on any atom is -0.309 e. The summed E-state index contributed by atoms with van der Waals surface area (Å²) in [6.07, 6.45) is 5.32. The number of aromatic nitrogens is 3. The third-order valence-electron chi connectivity index (χ3n) is 3.89. The summed E-state index contributed by atoms with van der Waals surface area (Å²) in [6.45, 7) is 3.06. The van der Waals surface area contributed by atoms with Gasteiger partial charge in [-0.3, -0.25) is 4.68 Å². The van der Waals surface area contributed by atoms with Crippen molar-refractivity contribution in [2.45, 2.75) is 32.2 Å². The van der Waals surface area contributed by atoms with Crippen molar-refractivity contribution >= 4 is 0 Å². The topological polar surface area (TPSA) is 42.7 Å². The summed E-state index contributed by atoms with van der Waals surface area (Å²) in [5.41, 5.74) is 2.73. The van der Waals surface area contributed by atoms with E-state index < -0.39 is 0 Å². The van der Waals surface area contributed by atoms with Crippen LogP contribution in [0.25, 0.3) is 0 Å². The zero-order chi connectivity index (χ0) is 13.9. The van der Waals surface area contributed by atoms with Crippen LogP contribution in [0, 0.1) is 12.8 Å². The van der Waals surface area contributed by atoms with E-state index in [-0.39, 0.29) is 0 Å². The molecule has 0 amide bonds.